The van der Waals surface area contributed by atoms with E-state index in [0.717, 1.165) is 4.31 Å². The van der Waals surface area contributed by atoms with Gasteiger partial charge in [-0.2, -0.15) is 4.31 Å². The van der Waals surface area contributed by atoms with Crippen molar-refractivity contribution in [3.8, 4) is 17.2 Å². The molecule has 0 unspecified atom stereocenters. The van der Waals surface area contributed by atoms with E-state index in [9.17, 15) is 13.2 Å². The Morgan fingerprint density at radius 1 is 1.00 bits per heavy atom. The molecular formula is C18H22N2O6S. The summed E-state index contributed by atoms with van der Waals surface area (Å²) in [5.41, 5.74) is 0.504. The van der Waals surface area contributed by atoms with Crippen molar-refractivity contribution in [2.75, 3.05) is 40.2 Å². The second-order valence-corrected chi connectivity index (χ2v) is 7.57. The molecule has 1 amide bonds. The summed E-state index contributed by atoms with van der Waals surface area (Å²) in [5, 5.41) is 2.64. The van der Waals surface area contributed by atoms with Crippen molar-refractivity contribution in [1.82, 2.24) is 4.31 Å². The van der Waals surface area contributed by atoms with E-state index in [2.05, 4.69) is 5.32 Å². The number of anilines is 1. The van der Waals surface area contributed by atoms with Crippen molar-refractivity contribution in [2.24, 2.45) is 0 Å². The van der Waals surface area contributed by atoms with Crippen LogP contribution in [0, 0.1) is 0 Å². The first-order chi connectivity index (χ1) is 12.8. The predicted molar refractivity (Wildman–Crippen MR) is 101 cm³/mol. The molecule has 2 aromatic carbocycles. The molecule has 0 aromatic heterocycles. The highest BCUT2D eigenvalue weighted by Gasteiger charge is 2.27. The van der Waals surface area contributed by atoms with Crippen LogP contribution >= 0.6 is 0 Å². The fraction of sp³-hybridized carbons (Fsp3) is 0.278. The number of amides is 1. The molecular weight excluding hydrogens is 372 g/mol. The van der Waals surface area contributed by atoms with Gasteiger partial charge in [0.2, 0.25) is 15.9 Å². The Morgan fingerprint density at radius 3 is 2.30 bits per heavy atom. The van der Waals surface area contributed by atoms with E-state index in [0.29, 0.717) is 17.2 Å². The summed E-state index contributed by atoms with van der Waals surface area (Å²) in [5.74, 6) is 0.616. The SMILES string of the molecule is COc1cccc(NC(=O)CN(C)S(=O)(=O)c2cc(OC)ccc2OC)c1. The number of likely N-dealkylation sites (N-methyl/N-ethyl adjacent to an activating group) is 1. The van der Waals surface area contributed by atoms with Gasteiger partial charge in [0.05, 0.1) is 27.9 Å². The maximum atomic E-state index is 12.9. The normalized spacial score (nSPS) is 11.1. The first-order valence-electron chi connectivity index (χ1n) is 7.94. The fourth-order valence-corrected chi connectivity index (χ4v) is 3.64. The number of nitrogens with one attached hydrogen (secondary N) is 1. The number of hydrogen-bond acceptors (Lipinski definition) is 6. The molecule has 146 valence electrons. The Balaban J connectivity index is 2.18. The summed E-state index contributed by atoms with van der Waals surface area (Å²) < 4.78 is 42.0. The van der Waals surface area contributed by atoms with Gasteiger partial charge in [-0.15, -0.1) is 0 Å². The summed E-state index contributed by atoms with van der Waals surface area (Å²) in [6.07, 6.45) is 0. The fourth-order valence-electron chi connectivity index (χ4n) is 2.34. The first-order valence-corrected chi connectivity index (χ1v) is 9.38. The molecule has 0 radical (unpaired) electrons. The molecule has 0 aliphatic carbocycles. The number of carbonyl (C=O) groups is 1. The number of methoxy groups -OCH3 is 3. The van der Waals surface area contributed by atoms with Crippen LogP contribution in [0.3, 0.4) is 0 Å². The lowest BCUT2D eigenvalue weighted by molar-refractivity contribution is -0.116. The van der Waals surface area contributed by atoms with Gasteiger partial charge in [-0.1, -0.05) is 6.07 Å². The van der Waals surface area contributed by atoms with Gasteiger partial charge in [0.25, 0.3) is 0 Å². The summed E-state index contributed by atoms with van der Waals surface area (Å²) in [7, 11) is 1.67. The molecule has 0 aliphatic rings. The molecule has 27 heavy (non-hydrogen) atoms. The Morgan fingerprint density at radius 2 is 1.67 bits per heavy atom. The lowest BCUT2D eigenvalue weighted by Crippen LogP contribution is -2.35. The van der Waals surface area contributed by atoms with Gasteiger partial charge in [-0.25, -0.2) is 8.42 Å². The van der Waals surface area contributed by atoms with Crippen LogP contribution in [0.4, 0.5) is 5.69 Å². The number of ether oxygens (including phenoxy) is 3. The largest absolute Gasteiger partial charge is 0.497 e. The quantitative estimate of drug-likeness (QED) is 0.736. The molecule has 0 atom stereocenters. The number of nitrogens with zero attached hydrogens (tertiary/aromatic N) is 1. The average Bonchev–Trinajstić information content (AvgIpc) is 2.67. The summed E-state index contributed by atoms with van der Waals surface area (Å²) >= 11 is 0. The smallest absolute Gasteiger partial charge is 0.247 e. The number of carbonyl (C=O) groups excluding carboxylic acids is 1. The van der Waals surface area contributed by atoms with Crippen LogP contribution in [-0.4, -0.2) is 53.6 Å². The van der Waals surface area contributed by atoms with Crippen LogP contribution in [0.5, 0.6) is 17.2 Å². The third kappa shape index (κ3) is 4.89. The second kappa shape index (κ2) is 8.74. The summed E-state index contributed by atoms with van der Waals surface area (Å²) in [6, 6.07) is 11.2. The van der Waals surface area contributed by atoms with Crippen LogP contribution in [-0.2, 0) is 14.8 Å². The summed E-state index contributed by atoms with van der Waals surface area (Å²) in [6.45, 7) is -0.375. The molecule has 8 nitrogen and oxygen atoms in total. The Labute approximate surface area is 158 Å². The molecule has 0 bridgehead atoms. The van der Waals surface area contributed by atoms with E-state index in [4.69, 9.17) is 14.2 Å². The molecule has 0 aliphatic heterocycles. The number of sulfonamides is 1. The minimum Gasteiger partial charge on any atom is -0.497 e. The van der Waals surface area contributed by atoms with E-state index in [1.54, 1.807) is 30.3 Å². The van der Waals surface area contributed by atoms with Gasteiger partial charge >= 0.3 is 0 Å². The maximum absolute atomic E-state index is 12.9. The van der Waals surface area contributed by atoms with Gasteiger partial charge in [0.1, 0.15) is 22.1 Å². The number of rotatable bonds is 8. The molecule has 2 aromatic rings. The van der Waals surface area contributed by atoms with Gasteiger partial charge in [-0.3, -0.25) is 4.79 Å². The van der Waals surface area contributed by atoms with E-state index in [1.807, 2.05) is 0 Å². The lowest BCUT2D eigenvalue weighted by Gasteiger charge is -2.19. The van der Waals surface area contributed by atoms with Gasteiger partial charge in [0.15, 0.2) is 0 Å². The minimum atomic E-state index is -3.97. The van der Waals surface area contributed by atoms with E-state index >= 15 is 0 Å². The van der Waals surface area contributed by atoms with Crippen molar-refractivity contribution in [1.29, 1.82) is 0 Å². The Kier molecular flexibility index (Phi) is 6.65. The monoisotopic (exact) mass is 394 g/mol. The van der Waals surface area contributed by atoms with Crippen molar-refractivity contribution in [3.63, 3.8) is 0 Å². The Bertz CT molecular complexity index is 914. The van der Waals surface area contributed by atoms with Gasteiger partial charge in [0, 0.05) is 24.9 Å². The standard InChI is InChI=1S/C18H22N2O6S/c1-20(12-18(21)19-13-6-5-7-14(10-13)24-2)27(22,23)17-11-15(25-3)8-9-16(17)26-4/h5-11H,12H2,1-4H3,(H,19,21). The third-order valence-corrected chi connectivity index (χ3v) is 5.60. The van der Waals surface area contributed by atoms with Crippen molar-refractivity contribution in [3.05, 3.63) is 42.5 Å². The second-order valence-electron chi connectivity index (χ2n) is 5.56. The lowest BCUT2D eigenvalue weighted by atomic mass is 10.3. The zero-order chi connectivity index (χ0) is 20.0. The highest BCUT2D eigenvalue weighted by Crippen LogP contribution is 2.30. The minimum absolute atomic E-state index is 0.0824. The maximum Gasteiger partial charge on any atom is 0.247 e. The molecule has 1 N–H and O–H groups in total. The third-order valence-electron chi connectivity index (χ3n) is 3.78. The number of hydrogen-bond donors (Lipinski definition) is 1. The zero-order valence-corrected chi connectivity index (χ0v) is 16.4. The summed E-state index contributed by atoms with van der Waals surface area (Å²) in [4.78, 5) is 12.2. The van der Waals surface area contributed by atoms with E-state index in [1.165, 1.54) is 40.5 Å². The van der Waals surface area contributed by atoms with Crippen LogP contribution in [0.25, 0.3) is 0 Å². The van der Waals surface area contributed by atoms with Crippen LogP contribution < -0.4 is 19.5 Å². The molecule has 0 saturated heterocycles. The molecule has 2 rings (SSSR count). The van der Waals surface area contributed by atoms with Gasteiger partial charge < -0.3 is 19.5 Å². The highest BCUT2D eigenvalue weighted by atomic mass is 32.2. The molecule has 0 heterocycles. The predicted octanol–water partition coefficient (Wildman–Crippen LogP) is 1.97. The molecule has 0 spiro atoms. The van der Waals surface area contributed by atoms with Crippen molar-refractivity contribution >= 4 is 21.6 Å². The van der Waals surface area contributed by atoms with Crippen LogP contribution in [0.1, 0.15) is 0 Å². The van der Waals surface area contributed by atoms with Crippen LogP contribution in [0.15, 0.2) is 47.4 Å². The van der Waals surface area contributed by atoms with Gasteiger partial charge in [-0.05, 0) is 24.3 Å². The van der Waals surface area contributed by atoms with E-state index in [-0.39, 0.29) is 17.2 Å². The Hall–Kier alpha value is -2.78. The average molecular weight is 394 g/mol. The van der Waals surface area contributed by atoms with E-state index < -0.39 is 15.9 Å². The first kappa shape index (κ1) is 20.5. The highest BCUT2D eigenvalue weighted by molar-refractivity contribution is 7.89. The van der Waals surface area contributed by atoms with Crippen molar-refractivity contribution in [2.45, 2.75) is 4.90 Å². The van der Waals surface area contributed by atoms with Crippen molar-refractivity contribution < 1.29 is 27.4 Å². The molecule has 0 saturated carbocycles. The number of benzene rings is 2. The molecule has 0 fully saturated rings. The molecule has 9 heteroatoms. The zero-order valence-electron chi connectivity index (χ0n) is 15.6. The van der Waals surface area contributed by atoms with Crippen LogP contribution in [0.2, 0.25) is 0 Å². The topological polar surface area (TPSA) is 94.2 Å².